The second kappa shape index (κ2) is 10.5. The van der Waals surface area contributed by atoms with Gasteiger partial charge in [0.15, 0.2) is 0 Å². The van der Waals surface area contributed by atoms with Crippen LogP contribution in [0.3, 0.4) is 0 Å². The minimum absolute atomic E-state index is 0.00457. The molecule has 35 heavy (non-hydrogen) atoms. The molecule has 0 aliphatic rings. The SMILES string of the molecule is Cc1cc(OCc2c(C(C)C)cnn2-c2c(Cl)cccc2Cl)ccc1-c1cccc(CC(=O)O)c1. The number of ether oxygens (including phenoxy) is 1. The Morgan fingerprint density at radius 2 is 1.77 bits per heavy atom. The van der Waals surface area contributed by atoms with Crippen LogP contribution in [0.2, 0.25) is 10.0 Å². The molecule has 0 unspecified atom stereocenters. The fourth-order valence-corrected chi connectivity index (χ4v) is 4.68. The standard InChI is InChI=1S/C28H26Cl2N2O3/c1-17(2)23-15-31-32(28-24(29)8-5-9-25(28)30)26(23)16-35-21-10-11-22(18(3)12-21)20-7-4-6-19(13-20)14-27(33)34/h4-13,15,17H,14,16H2,1-3H3,(H,33,34). The lowest BCUT2D eigenvalue weighted by Gasteiger charge is -2.16. The summed E-state index contributed by atoms with van der Waals surface area (Å²) in [6.45, 7) is 6.52. The van der Waals surface area contributed by atoms with Gasteiger partial charge in [0, 0.05) is 0 Å². The highest BCUT2D eigenvalue weighted by molar-refractivity contribution is 6.37. The van der Waals surface area contributed by atoms with E-state index >= 15 is 0 Å². The maximum Gasteiger partial charge on any atom is 0.307 e. The van der Waals surface area contributed by atoms with E-state index in [9.17, 15) is 4.79 Å². The molecule has 0 atom stereocenters. The van der Waals surface area contributed by atoms with Crippen molar-refractivity contribution in [2.24, 2.45) is 0 Å². The first-order chi connectivity index (χ1) is 16.7. The highest BCUT2D eigenvalue weighted by atomic mass is 35.5. The Bertz CT molecular complexity index is 1360. The average Bonchev–Trinajstić information content (AvgIpc) is 3.21. The largest absolute Gasteiger partial charge is 0.487 e. The molecular formula is C28H26Cl2N2O3. The van der Waals surface area contributed by atoms with Gasteiger partial charge in [-0.25, -0.2) is 4.68 Å². The summed E-state index contributed by atoms with van der Waals surface area (Å²) < 4.78 is 7.97. The normalized spacial score (nSPS) is 11.1. The summed E-state index contributed by atoms with van der Waals surface area (Å²) in [4.78, 5) is 11.1. The number of aromatic nitrogens is 2. The first-order valence-electron chi connectivity index (χ1n) is 11.3. The number of para-hydroxylation sites is 1. The maximum absolute atomic E-state index is 11.1. The maximum atomic E-state index is 11.1. The summed E-state index contributed by atoms with van der Waals surface area (Å²) in [7, 11) is 0. The first-order valence-corrected chi connectivity index (χ1v) is 12.1. The fraction of sp³-hybridized carbons (Fsp3) is 0.214. The monoisotopic (exact) mass is 508 g/mol. The topological polar surface area (TPSA) is 64.4 Å². The molecule has 0 saturated heterocycles. The third-order valence-electron chi connectivity index (χ3n) is 5.84. The number of rotatable bonds is 8. The molecule has 180 valence electrons. The molecule has 3 aromatic carbocycles. The van der Waals surface area contributed by atoms with Gasteiger partial charge in [0.05, 0.1) is 28.4 Å². The van der Waals surface area contributed by atoms with Crippen molar-refractivity contribution in [2.45, 2.75) is 39.7 Å². The van der Waals surface area contributed by atoms with Crippen LogP contribution in [0.5, 0.6) is 5.75 Å². The Labute approximate surface area is 214 Å². The zero-order valence-electron chi connectivity index (χ0n) is 19.8. The van der Waals surface area contributed by atoms with Gasteiger partial charge in [-0.1, -0.05) is 73.4 Å². The smallest absolute Gasteiger partial charge is 0.307 e. The second-order valence-electron chi connectivity index (χ2n) is 8.72. The highest BCUT2D eigenvalue weighted by Gasteiger charge is 2.19. The summed E-state index contributed by atoms with van der Waals surface area (Å²) in [5.74, 6) is 0.118. The molecular weight excluding hydrogens is 483 g/mol. The van der Waals surface area contributed by atoms with E-state index in [0.29, 0.717) is 22.3 Å². The first kappa shape index (κ1) is 24.8. The van der Waals surface area contributed by atoms with E-state index in [2.05, 4.69) is 18.9 Å². The summed E-state index contributed by atoms with van der Waals surface area (Å²) in [6.07, 6.45) is 1.83. The van der Waals surface area contributed by atoms with Crippen LogP contribution < -0.4 is 4.74 Å². The number of carboxylic acid groups (broad SMARTS) is 1. The molecule has 4 rings (SSSR count). The average molecular weight is 509 g/mol. The van der Waals surface area contributed by atoms with E-state index in [0.717, 1.165) is 39.3 Å². The van der Waals surface area contributed by atoms with Gasteiger partial charge in [-0.2, -0.15) is 5.10 Å². The number of benzene rings is 3. The molecule has 0 aliphatic heterocycles. The van der Waals surface area contributed by atoms with Crippen LogP contribution in [0, 0.1) is 6.92 Å². The van der Waals surface area contributed by atoms with Crippen LogP contribution >= 0.6 is 23.2 Å². The summed E-state index contributed by atoms with van der Waals surface area (Å²) in [5.41, 5.74) is 6.38. The molecule has 7 heteroatoms. The number of hydrogen-bond donors (Lipinski definition) is 1. The van der Waals surface area contributed by atoms with Gasteiger partial charge in [0.25, 0.3) is 0 Å². The van der Waals surface area contributed by atoms with Gasteiger partial charge in [0.1, 0.15) is 18.0 Å². The van der Waals surface area contributed by atoms with Crippen molar-refractivity contribution >= 4 is 29.2 Å². The Kier molecular flexibility index (Phi) is 7.48. The molecule has 1 aromatic heterocycles. The highest BCUT2D eigenvalue weighted by Crippen LogP contribution is 2.33. The number of carboxylic acids is 1. The van der Waals surface area contributed by atoms with Crippen molar-refractivity contribution < 1.29 is 14.6 Å². The van der Waals surface area contributed by atoms with E-state index in [1.54, 1.807) is 22.9 Å². The number of hydrogen-bond acceptors (Lipinski definition) is 3. The zero-order chi connectivity index (χ0) is 25.1. The van der Waals surface area contributed by atoms with Crippen molar-refractivity contribution in [1.82, 2.24) is 9.78 Å². The molecule has 0 spiro atoms. The quantitative estimate of drug-likeness (QED) is 0.267. The number of aliphatic carboxylic acids is 1. The Morgan fingerprint density at radius 3 is 2.43 bits per heavy atom. The molecule has 0 fully saturated rings. The molecule has 0 aliphatic carbocycles. The third kappa shape index (κ3) is 5.53. The van der Waals surface area contributed by atoms with E-state index in [-0.39, 0.29) is 12.3 Å². The lowest BCUT2D eigenvalue weighted by Crippen LogP contribution is -2.09. The van der Waals surface area contributed by atoms with Crippen molar-refractivity contribution in [1.29, 1.82) is 0 Å². The number of halogens is 2. The zero-order valence-corrected chi connectivity index (χ0v) is 21.3. The predicted molar refractivity (Wildman–Crippen MR) is 140 cm³/mol. The van der Waals surface area contributed by atoms with Crippen LogP contribution in [0.15, 0.2) is 66.9 Å². The number of aryl methyl sites for hydroxylation is 1. The predicted octanol–water partition coefficient (Wildman–Crippen LogP) is 7.48. The number of nitrogens with zero attached hydrogens (tertiary/aromatic N) is 2. The summed E-state index contributed by atoms with van der Waals surface area (Å²) >= 11 is 12.9. The van der Waals surface area contributed by atoms with Gasteiger partial charge in [-0.05, 0) is 64.9 Å². The second-order valence-corrected chi connectivity index (χ2v) is 9.53. The van der Waals surface area contributed by atoms with Gasteiger partial charge >= 0.3 is 5.97 Å². The van der Waals surface area contributed by atoms with Crippen LogP contribution in [-0.4, -0.2) is 20.9 Å². The molecule has 0 radical (unpaired) electrons. The molecule has 4 aromatic rings. The Balaban J connectivity index is 1.61. The lowest BCUT2D eigenvalue weighted by atomic mass is 9.98. The van der Waals surface area contributed by atoms with Gasteiger partial charge < -0.3 is 9.84 Å². The molecule has 0 amide bonds. The van der Waals surface area contributed by atoms with E-state index in [1.807, 2.05) is 55.6 Å². The van der Waals surface area contributed by atoms with E-state index in [4.69, 9.17) is 33.0 Å². The molecule has 5 nitrogen and oxygen atoms in total. The molecule has 0 saturated carbocycles. The molecule has 1 heterocycles. The molecule has 1 N–H and O–H groups in total. The number of carbonyl (C=O) groups is 1. The summed E-state index contributed by atoms with van der Waals surface area (Å²) in [6, 6.07) is 18.9. The van der Waals surface area contributed by atoms with Crippen LogP contribution in [0.1, 0.15) is 42.1 Å². The summed E-state index contributed by atoms with van der Waals surface area (Å²) in [5, 5.41) is 14.7. The van der Waals surface area contributed by atoms with Crippen molar-refractivity contribution in [3.05, 3.63) is 99.3 Å². The Hall–Kier alpha value is -3.28. The minimum atomic E-state index is -0.847. The van der Waals surface area contributed by atoms with Crippen molar-refractivity contribution in [3.63, 3.8) is 0 Å². The van der Waals surface area contributed by atoms with Crippen molar-refractivity contribution in [3.8, 4) is 22.6 Å². The van der Waals surface area contributed by atoms with Crippen molar-refractivity contribution in [2.75, 3.05) is 0 Å². The molecule has 0 bridgehead atoms. The van der Waals surface area contributed by atoms with Crippen LogP contribution in [-0.2, 0) is 17.8 Å². The van der Waals surface area contributed by atoms with Gasteiger partial charge in [0.2, 0.25) is 0 Å². The minimum Gasteiger partial charge on any atom is -0.487 e. The van der Waals surface area contributed by atoms with Crippen LogP contribution in [0.4, 0.5) is 0 Å². The lowest BCUT2D eigenvalue weighted by molar-refractivity contribution is -0.136. The Morgan fingerprint density at radius 1 is 1.06 bits per heavy atom. The van der Waals surface area contributed by atoms with Crippen LogP contribution in [0.25, 0.3) is 16.8 Å². The third-order valence-corrected chi connectivity index (χ3v) is 6.45. The van der Waals surface area contributed by atoms with Gasteiger partial charge in [-0.15, -0.1) is 0 Å². The van der Waals surface area contributed by atoms with Gasteiger partial charge in [-0.3, -0.25) is 4.79 Å². The fourth-order valence-electron chi connectivity index (χ4n) is 4.12. The van der Waals surface area contributed by atoms with E-state index < -0.39 is 5.97 Å². The van der Waals surface area contributed by atoms with E-state index in [1.165, 1.54) is 0 Å².